The van der Waals surface area contributed by atoms with E-state index in [-0.39, 0.29) is 12.1 Å². The van der Waals surface area contributed by atoms with E-state index in [4.69, 9.17) is 4.74 Å². The van der Waals surface area contributed by atoms with E-state index in [9.17, 15) is 4.79 Å². The Hall–Kier alpha value is -2.40. The van der Waals surface area contributed by atoms with Crippen molar-refractivity contribution < 1.29 is 9.53 Å². The van der Waals surface area contributed by atoms with Gasteiger partial charge in [-0.2, -0.15) is 0 Å². The molecular weight excluding hydrogens is 374 g/mol. The largest absolute Gasteiger partial charge is 0.443 e. The molecule has 0 radical (unpaired) electrons. The van der Waals surface area contributed by atoms with Gasteiger partial charge in [-0.3, -0.25) is 9.80 Å². The van der Waals surface area contributed by atoms with E-state index in [1.54, 1.807) is 11.1 Å². The molecule has 1 fully saturated rings. The predicted octanol–water partition coefficient (Wildman–Crippen LogP) is 5.96. The Morgan fingerprint density at radius 3 is 2.67 bits per heavy atom. The lowest BCUT2D eigenvalue weighted by molar-refractivity contribution is 0.0578. The van der Waals surface area contributed by atoms with E-state index in [2.05, 4.69) is 53.2 Å². The molecule has 1 aliphatic heterocycles. The van der Waals surface area contributed by atoms with Gasteiger partial charge in [-0.25, -0.2) is 9.78 Å². The maximum absolute atomic E-state index is 13.1. The van der Waals surface area contributed by atoms with Gasteiger partial charge in [0.25, 0.3) is 0 Å². The quantitative estimate of drug-likeness (QED) is 0.566. The summed E-state index contributed by atoms with van der Waals surface area (Å²) in [4.78, 5) is 22.0. The monoisotopic (exact) mass is 409 g/mol. The highest BCUT2D eigenvalue weighted by Gasteiger charge is 2.32. The predicted molar refractivity (Wildman–Crippen MR) is 122 cm³/mol. The van der Waals surface area contributed by atoms with Crippen molar-refractivity contribution in [2.24, 2.45) is 0 Å². The van der Waals surface area contributed by atoms with Crippen molar-refractivity contribution in [3.8, 4) is 0 Å². The van der Waals surface area contributed by atoms with Crippen LogP contribution in [0.25, 0.3) is 0 Å². The second-order valence-corrected chi connectivity index (χ2v) is 9.02. The fourth-order valence-electron chi connectivity index (χ4n) is 4.00. The number of benzene rings is 1. The molecule has 1 amide bonds. The zero-order chi connectivity index (χ0) is 21.6. The Morgan fingerprint density at radius 1 is 1.20 bits per heavy atom. The van der Waals surface area contributed by atoms with Gasteiger partial charge in [0.1, 0.15) is 11.4 Å². The van der Waals surface area contributed by atoms with Crippen LogP contribution in [0.1, 0.15) is 70.5 Å². The fraction of sp³-hybridized carbons (Fsp3) is 0.520. The first-order valence-electron chi connectivity index (χ1n) is 11.1. The Bertz CT molecular complexity index is 817. The average molecular weight is 410 g/mol. The summed E-state index contributed by atoms with van der Waals surface area (Å²) in [5, 5.41) is 0. The van der Waals surface area contributed by atoms with Gasteiger partial charge in [-0.05, 0) is 58.2 Å². The van der Waals surface area contributed by atoms with E-state index in [0.29, 0.717) is 6.54 Å². The normalized spacial score (nSPS) is 17.1. The zero-order valence-electron chi connectivity index (χ0n) is 18.8. The number of hydrogen-bond acceptors (Lipinski definition) is 4. The molecule has 1 aromatic heterocycles. The Morgan fingerprint density at radius 2 is 1.97 bits per heavy atom. The van der Waals surface area contributed by atoms with E-state index >= 15 is 0 Å². The van der Waals surface area contributed by atoms with Crippen LogP contribution in [0.3, 0.4) is 0 Å². The van der Waals surface area contributed by atoms with Crippen molar-refractivity contribution in [3.05, 3.63) is 59.8 Å². The van der Waals surface area contributed by atoms with Crippen molar-refractivity contribution in [3.63, 3.8) is 0 Å². The molecule has 1 aliphatic rings. The number of hydrogen-bond donors (Lipinski definition) is 0. The molecule has 2 aromatic rings. The van der Waals surface area contributed by atoms with Gasteiger partial charge in [0.15, 0.2) is 0 Å². The van der Waals surface area contributed by atoms with Gasteiger partial charge in [-0.1, -0.05) is 49.7 Å². The SMILES string of the molecule is CCCCN(C(=O)OC(C)(C)C)c1ncccc1[C@H]1CCCN1Cc1ccccc1. The molecule has 30 heavy (non-hydrogen) atoms. The number of carbonyl (C=O) groups is 1. The molecule has 0 saturated carbocycles. The first-order chi connectivity index (χ1) is 14.4. The molecule has 3 rings (SSSR count). The summed E-state index contributed by atoms with van der Waals surface area (Å²) in [7, 11) is 0. The summed E-state index contributed by atoms with van der Waals surface area (Å²) in [6.07, 6.45) is 5.59. The van der Waals surface area contributed by atoms with E-state index in [1.807, 2.05) is 26.8 Å². The van der Waals surface area contributed by atoms with Crippen LogP contribution in [0.4, 0.5) is 10.6 Å². The summed E-state index contributed by atoms with van der Waals surface area (Å²) < 4.78 is 5.72. The first-order valence-corrected chi connectivity index (χ1v) is 11.1. The van der Waals surface area contributed by atoms with Crippen LogP contribution in [0.15, 0.2) is 48.7 Å². The van der Waals surface area contributed by atoms with Gasteiger partial charge < -0.3 is 4.74 Å². The first kappa shape index (κ1) is 22.3. The third-order valence-corrected chi connectivity index (χ3v) is 5.37. The molecule has 1 saturated heterocycles. The molecule has 0 N–H and O–H groups in total. The number of amides is 1. The fourth-order valence-corrected chi connectivity index (χ4v) is 4.00. The van der Waals surface area contributed by atoms with Gasteiger partial charge in [0, 0.05) is 30.9 Å². The van der Waals surface area contributed by atoms with Crippen LogP contribution in [0.2, 0.25) is 0 Å². The Kier molecular flexibility index (Phi) is 7.48. The zero-order valence-corrected chi connectivity index (χ0v) is 18.8. The van der Waals surface area contributed by atoms with Crippen LogP contribution in [0.5, 0.6) is 0 Å². The van der Waals surface area contributed by atoms with Crippen LogP contribution >= 0.6 is 0 Å². The topological polar surface area (TPSA) is 45.7 Å². The Balaban J connectivity index is 1.89. The average Bonchev–Trinajstić information content (AvgIpc) is 3.16. The number of anilines is 1. The lowest BCUT2D eigenvalue weighted by Crippen LogP contribution is -2.39. The van der Waals surface area contributed by atoms with Crippen LogP contribution in [-0.2, 0) is 11.3 Å². The molecule has 0 spiro atoms. The molecular formula is C25H35N3O2. The smallest absolute Gasteiger partial charge is 0.416 e. The highest BCUT2D eigenvalue weighted by molar-refractivity contribution is 5.87. The van der Waals surface area contributed by atoms with Crippen LogP contribution < -0.4 is 4.90 Å². The van der Waals surface area contributed by atoms with E-state index in [0.717, 1.165) is 50.2 Å². The van der Waals surface area contributed by atoms with Gasteiger partial charge in [0.2, 0.25) is 0 Å². The maximum atomic E-state index is 13.1. The summed E-state index contributed by atoms with van der Waals surface area (Å²) >= 11 is 0. The third-order valence-electron chi connectivity index (χ3n) is 5.37. The standard InChI is InChI=1S/C25H35N3O2/c1-5-6-18-28(24(29)30-25(2,3)4)23-21(14-10-16-26-23)22-15-11-17-27(22)19-20-12-8-7-9-13-20/h7-10,12-14,16,22H,5-6,11,15,17-19H2,1-4H3/t22-/m1/s1. The Labute approximate surface area is 181 Å². The summed E-state index contributed by atoms with van der Waals surface area (Å²) in [6.45, 7) is 10.4. The lowest BCUT2D eigenvalue weighted by atomic mass is 10.0. The summed E-state index contributed by atoms with van der Waals surface area (Å²) in [5.74, 6) is 0.741. The number of nitrogens with zero attached hydrogens (tertiary/aromatic N) is 3. The number of carbonyl (C=O) groups excluding carboxylic acids is 1. The molecule has 5 heteroatoms. The highest BCUT2D eigenvalue weighted by atomic mass is 16.6. The van der Waals surface area contributed by atoms with E-state index < -0.39 is 5.60 Å². The van der Waals surface area contributed by atoms with Gasteiger partial charge >= 0.3 is 6.09 Å². The molecule has 0 bridgehead atoms. The number of rotatable bonds is 7. The second-order valence-electron chi connectivity index (χ2n) is 9.02. The number of likely N-dealkylation sites (tertiary alicyclic amines) is 1. The third kappa shape index (κ3) is 5.82. The molecule has 0 unspecified atom stereocenters. The molecule has 1 aromatic carbocycles. The highest BCUT2D eigenvalue weighted by Crippen LogP contribution is 2.37. The maximum Gasteiger partial charge on any atom is 0.416 e. The molecule has 162 valence electrons. The van der Waals surface area contributed by atoms with E-state index in [1.165, 1.54) is 5.56 Å². The second kappa shape index (κ2) is 10.1. The van der Waals surface area contributed by atoms with Crippen LogP contribution in [-0.4, -0.2) is 34.7 Å². The number of unbranched alkanes of at least 4 members (excludes halogenated alkanes) is 1. The molecule has 2 heterocycles. The lowest BCUT2D eigenvalue weighted by Gasteiger charge is -2.31. The van der Waals surface area contributed by atoms with Gasteiger partial charge in [-0.15, -0.1) is 0 Å². The van der Waals surface area contributed by atoms with Crippen molar-refractivity contribution >= 4 is 11.9 Å². The minimum atomic E-state index is -0.538. The minimum Gasteiger partial charge on any atom is -0.443 e. The van der Waals surface area contributed by atoms with Crippen LogP contribution in [0, 0.1) is 0 Å². The number of ether oxygens (including phenoxy) is 1. The molecule has 5 nitrogen and oxygen atoms in total. The summed E-state index contributed by atoms with van der Waals surface area (Å²) in [6, 6.07) is 14.9. The molecule has 1 atom stereocenters. The van der Waals surface area contributed by atoms with Crippen molar-refractivity contribution in [1.29, 1.82) is 0 Å². The van der Waals surface area contributed by atoms with Crippen molar-refractivity contribution in [2.45, 2.75) is 71.6 Å². The van der Waals surface area contributed by atoms with Crippen molar-refractivity contribution in [2.75, 3.05) is 18.0 Å². The number of pyridine rings is 1. The minimum absolute atomic E-state index is 0.250. The van der Waals surface area contributed by atoms with Gasteiger partial charge in [0.05, 0.1) is 0 Å². The molecule has 0 aliphatic carbocycles. The number of aromatic nitrogens is 1. The van der Waals surface area contributed by atoms with Crippen molar-refractivity contribution in [1.82, 2.24) is 9.88 Å². The summed E-state index contributed by atoms with van der Waals surface area (Å²) in [5.41, 5.74) is 1.89.